The summed E-state index contributed by atoms with van der Waals surface area (Å²) in [5.41, 5.74) is -0.415. The Kier molecular flexibility index (Phi) is 6.37. The van der Waals surface area contributed by atoms with Crippen molar-refractivity contribution in [1.29, 1.82) is 0 Å². The Labute approximate surface area is 155 Å². The lowest BCUT2D eigenvalue weighted by molar-refractivity contribution is -0.136. The van der Waals surface area contributed by atoms with Gasteiger partial charge in [0, 0.05) is 52.7 Å². The number of carbonyl (C=O) groups is 2. The van der Waals surface area contributed by atoms with Gasteiger partial charge in [0.25, 0.3) is 0 Å². The van der Waals surface area contributed by atoms with Crippen molar-refractivity contribution in [3.8, 4) is 0 Å². The van der Waals surface area contributed by atoms with Gasteiger partial charge in [0.2, 0.25) is 5.91 Å². The molecular formula is C18H32N4O4. The van der Waals surface area contributed by atoms with Crippen LogP contribution in [0.5, 0.6) is 0 Å². The zero-order valence-electron chi connectivity index (χ0n) is 16.0. The van der Waals surface area contributed by atoms with Gasteiger partial charge in [0.15, 0.2) is 0 Å². The highest BCUT2D eigenvalue weighted by molar-refractivity contribution is 5.82. The Hall–Kier alpha value is -1.38. The summed E-state index contributed by atoms with van der Waals surface area (Å²) in [6, 6.07) is -0.0192. The highest BCUT2D eigenvalue weighted by Crippen LogP contribution is 2.33. The molecule has 1 N–H and O–H groups in total. The number of likely N-dealkylation sites (tertiary alicyclic amines) is 1. The van der Waals surface area contributed by atoms with Crippen LogP contribution >= 0.6 is 0 Å². The van der Waals surface area contributed by atoms with E-state index in [-0.39, 0.29) is 18.0 Å². The topological polar surface area (TPSA) is 74.3 Å². The van der Waals surface area contributed by atoms with Crippen LogP contribution in [0.1, 0.15) is 25.7 Å². The number of hydrogen-bond acceptors (Lipinski definition) is 6. The first-order valence-corrected chi connectivity index (χ1v) is 9.71. The minimum Gasteiger partial charge on any atom is -0.441 e. The van der Waals surface area contributed by atoms with E-state index in [0.717, 1.165) is 45.3 Å². The quantitative estimate of drug-likeness (QED) is 0.689. The number of ether oxygens (including phenoxy) is 2. The van der Waals surface area contributed by atoms with Crippen molar-refractivity contribution in [3.63, 3.8) is 0 Å². The van der Waals surface area contributed by atoms with Crippen LogP contribution in [0.4, 0.5) is 4.79 Å². The largest absolute Gasteiger partial charge is 0.441 e. The summed E-state index contributed by atoms with van der Waals surface area (Å²) in [5.74, 6) is 0.207. The van der Waals surface area contributed by atoms with Crippen LogP contribution in [0.15, 0.2) is 0 Å². The van der Waals surface area contributed by atoms with Gasteiger partial charge < -0.3 is 29.5 Å². The van der Waals surface area contributed by atoms with Crippen molar-refractivity contribution >= 4 is 12.0 Å². The molecule has 3 heterocycles. The summed E-state index contributed by atoms with van der Waals surface area (Å²) in [6.45, 7) is 5.90. The Bertz CT molecular complexity index is 501. The normalized spacial score (nSPS) is 25.3. The van der Waals surface area contributed by atoms with E-state index in [2.05, 4.69) is 10.2 Å². The maximum absolute atomic E-state index is 12.5. The highest BCUT2D eigenvalue weighted by atomic mass is 16.6. The molecule has 3 aliphatic rings. The predicted octanol–water partition coefficient (Wildman–Crippen LogP) is 0.130. The fraction of sp³-hybridized carbons (Fsp3) is 0.889. The number of piperidine rings is 1. The van der Waals surface area contributed by atoms with E-state index in [1.807, 2.05) is 11.9 Å². The molecule has 0 saturated carbocycles. The maximum atomic E-state index is 12.5. The van der Waals surface area contributed by atoms with E-state index in [1.165, 1.54) is 0 Å². The molecule has 2 amide bonds. The molecule has 0 aliphatic carbocycles. The molecule has 26 heavy (non-hydrogen) atoms. The summed E-state index contributed by atoms with van der Waals surface area (Å²) in [6.07, 6.45) is 3.24. The van der Waals surface area contributed by atoms with Crippen molar-refractivity contribution in [1.82, 2.24) is 20.0 Å². The molecule has 8 nitrogen and oxygen atoms in total. The number of nitrogens with zero attached hydrogens (tertiary/aromatic N) is 3. The number of nitrogens with one attached hydrogen (secondary N) is 1. The SMILES string of the molecule is COCCN(C)CCN1CC2(CCN(C(=O)[C@@H]3CCCN3)CC2)OC1=O. The smallest absolute Gasteiger partial charge is 0.410 e. The second kappa shape index (κ2) is 8.54. The number of amides is 2. The van der Waals surface area contributed by atoms with Crippen molar-refractivity contribution < 1.29 is 19.1 Å². The Balaban J connectivity index is 1.45. The third-order valence-electron chi connectivity index (χ3n) is 5.81. The van der Waals surface area contributed by atoms with E-state index < -0.39 is 5.60 Å². The molecule has 1 spiro atoms. The van der Waals surface area contributed by atoms with Crippen molar-refractivity contribution in [2.24, 2.45) is 0 Å². The molecule has 3 aliphatic heterocycles. The van der Waals surface area contributed by atoms with Gasteiger partial charge in [-0.2, -0.15) is 0 Å². The number of likely N-dealkylation sites (N-methyl/N-ethyl adjacent to an activating group) is 1. The Morgan fingerprint density at radius 3 is 2.81 bits per heavy atom. The van der Waals surface area contributed by atoms with Crippen molar-refractivity contribution in [3.05, 3.63) is 0 Å². The van der Waals surface area contributed by atoms with E-state index >= 15 is 0 Å². The van der Waals surface area contributed by atoms with E-state index in [4.69, 9.17) is 9.47 Å². The minimum absolute atomic E-state index is 0.0192. The lowest BCUT2D eigenvalue weighted by atomic mass is 9.91. The number of rotatable bonds is 7. The molecular weight excluding hydrogens is 336 g/mol. The molecule has 148 valence electrons. The first kappa shape index (κ1) is 19.4. The second-order valence-electron chi connectivity index (χ2n) is 7.74. The average molecular weight is 368 g/mol. The summed E-state index contributed by atoms with van der Waals surface area (Å²) in [7, 11) is 3.71. The van der Waals surface area contributed by atoms with Crippen LogP contribution in [0.25, 0.3) is 0 Å². The first-order chi connectivity index (χ1) is 12.5. The second-order valence-corrected chi connectivity index (χ2v) is 7.74. The van der Waals surface area contributed by atoms with Crippen LogP contribution in [0, 0.1) is 0 Å². The van der Waals surface area contributed by atoms with E-state index in [9.17, 15) is 9.59 Å². The van der Waals surface area contributed by atoms with Gasteiger partial charge in [-0.05, 0) is 26.4 Å². The van der Waals surface area contributed by atoms with Crippen molar-refractivity contribution in [2.75, 3.05) is 66.6 Å². The van der Waals surface area contributed by atoms with Gasteiger partial charge in [0.1, 0.15) is 5.60 Å². The molecule has 3 fully saturated rings. The van der Waals surface area contributed by atoms with Crippen LogP contribution in [0.3, 0.4) is 0 Å². The van der Waals surface area contributed by atoms with Crippen molar-refractivity contribution in [2.45, 2.75) is 37.3 Å². The Morgan fingerprint density at radius 2 is 2.15 bits per heavy atom. The summed E-state index contributed by atoms with van der Waals surface area (Å²) >= 11 is 0. The fourth-order valence-corrected chi connectivity index (χ4v) is 4.03. The standard InChI is InChI=1S/C18H32N4O4/c1-20(12-13-25-2)10-11-22-14-18(26-17(22)24)5-8-21(9-6-18)16(23)15-4-3-7-19-15/h15,19H,3-14H2,1-2H3/t15-/m0/s1. The van der Waals surface area contributed by atoms with Gasteiger partial charge >= 0.3 is 6.09 Å². The molecule has 3 saturated heterocycles. The monoisotopic (exact) mass is 368 g/mol. The number of carbonyl (C=O) groups excluding carboxylic acids is 2. The number of methoxy groups -OCH3 is 1. The van der Waals surface area contributed by atoms with E-state index in [0.29, 0.717) is 32.8 Å². The van der Waals surface area contributed by atoms with E-state index in [1.54, 1.807) is 12.0 Å². The van der Waals surface area contributed by atoms with Gasteiger partial charge in [-0.3, -0.25) is 4.79 Å². The zero-order valence-corrected chi connectivity index (χ0v) is 16.0. The van der Waals surface area contributed by atoms with Crippen LogP contribution in [-0.2, 0) is 14.3 Å². The lowest BCUT2D eigenvalue weighted by Gasteiger charge is -2.38. The van der Waals surface area contributed by atoms with Crippen LogP contribution < -0.4 is 5.32 Å². The van der Waals surface area contributed by atoms with Crippen LogP contribution in [-0.4, -0.2) is 105 Å². The van der Waals surface area contributed by atoms with Gasteiger partial charge in [-0.1, -0.05) is 0 Å². The lowest BCUT2D eigenvalue weighted by Crippen LogP contribution is -2.52. The zero-order chi connectivity index (χ0) is 18.6. The molecule has 0 aromatic rings. The third kappa shape index (κ3) is 4.47. The fourth-order valence-electron chi connectivity index (χ4n) is 4.03. The van der Waals surface area contributed by atoms with Gasteiger partial charge in [-0.25, -0.2) is 4.79 Å². The molecule has 0 aromatic heterocycles. The number of hydrogen-bond donors (Lipinski definition) is 1. The molecule has 0 aromatic carbocycles. The molecule has 8 heteroatoms. The molecule has 0 radical (unpaired) electrons. The summed E-state index contributed by atoms with van der Waals surface area (Å²) < 4.78 is 10.8. The minimum atomic E-state index is -0.415. The predicted molar refractivity (Wildman–Crippen MR) is 97.0 cm³/mol. The molecule has 0 unspecified atom stereocenters. The van der Waals surface area contributed by atoms with Gasteiger partial charge in [0.05, 0.1) is 19.2 Å². The molecule has 1 atom stereocenters. The summed E-state index contributed by atoms with van der Waals surface area (Å²) in [5, 5.41) is 3.27. The average Bonchev–Trinajstić information content (AvgIpc) is 3.27. The third-order valence-corrected chi connectivity index (χ3v) is 5.81. The van der Waals surface area contributed by atoms with Crippen LogP contribution in [0.2, 0.25) is 0 Å². The molecule has 3 rings (SSSR count). The first-order valence-electron chi connectivity index (χ1n) is 9.71. The Morgan fingerprint density at radius 1 is 1.38 bits per heavy atom. The molecule has 0 bridgehead atoms. The summed E-state index contributed by atoms with van der Waals surface area (Å²) in [4.78, 5) is 30.7. The van der Waals surface area contributed by atoms with Gasteiger partial charge in [-0.15, -0.1) is 0 Å². The highest BCUT2D eigenvalue weighted by Gasteiger charge is 2.47. The maximum Gasteiger partial charge on any atom is 0.410 e.